The number of nitrogens with one attached hydrogen (secondary N) is 2. The van der Waals surface area contributed by atoms with Gasteiger partial charge in [-0.1, -0.05) is 74.7 Å². The quantitative estimate of drug-likeness (QED) is 0.457. The van der Waals surface area contributed by atoms with Crippen LogP contribution in [0.5, 0.6) is 0 Å². The fraction of sp³-hybridized carbons (Fsp3) is 0.545. The molecular weight excluding hydrogens is 518 g/mol. The maximum absolute atomic E-state index is 14.6. The van der Waals surface area contributed by atoms with Gasteiger partial charge in [-0.05, 0) is 56.2 Å². The predicted molar refractivity (Wildman–Crippen MR) is 155 cm³/mol. The van der Waals surface area contributed by atoms with Crippen molar-refractivity contribution in [1.29, 1.82) is 0 Å². The summed E-state index contributed by atoms with van der Waals surface area (Å²) >= 11 is 0. The number of amides is 3. The molecule has 3 unspecified atom stereocenters. The summed E-state index contributed by atoms with van der Waals surface area (Å²) in [5.74, 6) is -2.44. The van der Waals surface area contributed by atoms with Crippen molar-refractivity contribution in [2.45, 2.75) is 88.1 Å². The van der Waals surface area contributed by atoms with E-state index in [2.05, 4.69) is 10.6 Å². The maximum Gasteiger partial charge on any atom is 0.246 e. The molecule has 1 saturated carbocycles. The highest BCUT2D eigenvalue weighted by Crippen LogP contribution is 2.65. The molecule has 218 valence electrons. The van der Waals surface area contributed by atoms with E-state index in [1.807, 2.05) is 74.5 Å². The van der Waals surface area contributed by atoms with Crippen LogP contribution < -0.4 is 10.6 Å². The molecule has 2 aromatic carbocycles. The average molecular weight is 560 g/mol. The van der Waals surface area contributed by atoms with Crippen LogP contribution in [0.25, 0.3) is 0 Å². The van der Waals surface area contributed by atoms with Crippen molar-refractivity contribution in [2.24, 2.45) is 17.8 Å². The van der Waals surface area contributed by atoms with E-state index in [9.17, 15) is 19.5 Å². The average Bonchev–Trinajstić information content (AvgIpc) is 3.50. The number of carbonyl (C=O) groups excluding carboxylic acids is 3. The monoisotopic (exact) mass is 559 g/mol. The number of hydrogen-bond acceptors (Lipinski definition) is 5. The molecule has 41 heavy (non-hydrogen) atoms. The fourth-order valence-corrected chi connectivity index (χ4v) is 8.18. The topological polar surface area (TPSA) is 108 Å². The highest BCUT2D eigenvalue weighted by molar-refractivity contribution is 6.02. The molecule has 7 atom stereocenters. The van der Waals surface area contributed by atoms with Crippen LogP contribution in [-0.2, 0) is 25.5 Å². The van der Waals surface area contributed by atoms with Crippen molar-refractivity contribution in [3.8, 4) is 0 Å². The molecule has 6 rings (SSSR count). The van der Waals surface area contributed by atoms with Crippen molar-refractivity contribution in [3.63, 3.8) is 0 Å². The van der Waals surface area contributed by atoms with E-state index in [1.165, 1.54) is 0 Å². The summed E-state index contributed by atoms with van der Waals surface area (Å²) in [4.78, 5) is 44.4. The molecule has 4 aliphatic rings. The SMILES string of the molecule is CC1CC23O[C@]1(C)[C@@H](C(=O)Nc1ccccc1)[C@H]2C(=O)N([C@@H](CO)Cc1ccccc1)C3C(=O)NC1CCCCC1. The van der Waals surface area contributed by atoms with E-state index < -0.39 is 35.1 Å². The molecule has 1 aliphatic carbocycles. The van der Waals surface area contributed by atoms with E-state index in [4.69, 9.17) is 4.74 Å². The summed E-state index contributed by atoms with van der Waals surface area (Å²) in [5.41, 5.74) is -0.434. The first kappa shape index (κ1) is 27.9. The highest BCUT2D eigenvalue weighted by Gasteiger charge is 2.80. The molecule has 3 amide bonds. The highest BCUT2D eigenvalue weighted by atomic mass is 16.5. The zero-order valence-electron chi connectivity index (χ0n) is 23.9. The van der Waals surface area contributed by atoms with Crippen molar-refractivity contribution >= 4 is 23.4 Å². The van der Waals surface area contributed by atoms with E-state index in [0.717, 1.165) is 37.7 Å². The Bertz CT molecular complexity index is 1280. The molecule has 3 saturated heterocycles. The standard InChI is InChI=1S/C33H41N3O5/c1-21-19-33-27(26(32(21,2)41-33)29(38)34-23-14-8-4-9-15-23)31(40)36(25(20-37)18-22-12-6-3-7-13-22)28(33)30(39)35-24-16-10-5-11-17-24/h3-4,6-9,12-15,21,24-28,37H,5,10-11,16-20H2,1-2H3,(H,34,38)(H,35,39)/t21?,25-,26-,27+,28?,32+,33?/m1/s1. The number of aliphatic hydroxyl groups is 1. The molecule has 3 N–H and O–H groups in total. The number of nitrogens with zero attached hydrogens (tertiary/aromatic N) is 1. The van der Waals surface area contributed by atoms with Crippen LogP contribution in [0.2, 0.25) is 0 Å². The van der Waals surface area contributed by atoms with Crippen LogP contribution in [0, 0.1) is 17.8 Å². The van der Waals surface area contributed by atoms with Crippen LogP contribution in [-0.4, -0.2) is 63.7 Å². The molecule has 3 aliphatic heterocycles. The Kier molecular flexibility index (Phi) is 7.41. The van der Waals surface area contributed by atoms with Gasteiger partial charge in [0, 0.05) is 11.7 Å². The Balaban J connectivity index is 1.39. The van der Waals surface area contributed by atoms with Crippen LogP contribution in [0.4, 0.5) is 5.69 Å². The minimum absolute atomic E-state index is 0.0501. The van der Waals surface area contributed by atoms with Crippen LogP contribution in [0.3, 0.4) is 0 Å². The lowest BCUT2D eigenvalue weighted by Gasteiger charge is -2.38. The predicted octanol–water partition coefficient (Wildman–Crippen LogP) is 3.69. The van der Waals surface area contributed by atoms with Gasteiger partial charge in [-0.3, -0.25) is 14.4 Å². The van der Waals surface area contributed by atoms with E-state index in [0.29, 0.717) is 18.5 Å². The number of benzene rings is 2. The Labute approximate surface area is 241 Å². The third kappa shape index (κ3) is 4.65. The van der Waals surface area contributed by atoms with Crippen LogP contribution >= 0.6 is 0 Å². The smallest absolute Gasteiger partial charge is 0.246 e. The molecular formula is C33H41N3O5. The number of rotatable bonds is 8. The molecule has 0 aromatic heterocycles. The van der Waals surface area contributed by atoms with Gasteiger partial charge in [-0.15, -0.1) is 0 Å². The van der Waals surface area contributed by atoms with Gasteiger partial charge in [0.05, 0.1) is 30.1 Å². The van der Waals surface area contributed by atoms with E-state index >= 15 is 0 Å². The van der Waals surface area contributed by atoms with Crippen molar-refractivity contribution < 1.29 is 24.2 Å². The zero-order valence-corrected chi connectivity index (χ0v) is 23.9. The number of ether oxygens (including phenoxy) is 1. The van der Waals surface area contributed by atoms with Gasteiger partial charge in [-0.25, -0.2) is 0 Å². The van der Waals surface area contributed by atoms with E-state index in [-0.39, 0.29) is 36.3 Å². The van der Waals surface area contributed by atoms with E-state index in [1.54, 1.807) is 4.90 Å². The fourth-order valence-electron chi connectivity index (χ4n) is 8.18. The number of anilines is 1. The molecule has 4 fully saturated rings. The van der Waals surface area contributed by atoms with Crippen LogP contribution in [0.15, 0.2) is 60.7 Å². The lowest BCUT2D eigenvalue weighted by Crippen LogP contribution is -2.59. The van der Waals surface area contributed by atoms with Gasteiger partial charge in [0.2, 0.25) is 17.7 Å². The third-order valence-corrected chi connectivity index (χ3v) is 10.2. The lowest BCUT2D eigenvalue weighted by molar-refractivity contribution is -0.150. The second kappa shape index (κ2) is 10.9. The summed E-state index contributed by atoms with van der Waals surface area (Å²) < 4.78 is 6.86. The molecule has 8 heteroatoms. The van der Waals surface area contributed by atoms with Gasteiger partial charge >= 0.3 is 0 Å². The van der Waals surface area contributed by atoms with Gasteiger partial charge in [0.25, 0.3) is 0 Å². The minimum Gasteiger partial charge on any atom is -0.394 e. The molecule has 2 bridgehead atoms. The summed E-state index contributed by atoms with van der Waals surface area (Å²) in [7, 11) is 0. The number of para-hydroxylation sites is 1. The molecule has 1 spiro atoms. The Morgan fingerprint density at radius 3 is 2.34 bits per heavy atom. The number of carbonyl (C=O) groups is 3. The summed E-state index contributed by atoms with van der Waals surface area (Å²) in [5, 5.41) is 16.9. The minimum atomic E-state index is -1.15. The molecule has 2 aromatic rings. The van der Waals surface area contributed by atoms with Gasteiger partial charge in [-0.2, -0.15) is 0 Å². The van der Waals surface area contributed by atoms with Crippen molar-refractivity contribution in [2.75, 3.05) is 11.9 Å². The lowest BCUT2D eigenvalue weighted by atomic mass is 9.62. The normalized spacial score (nSPS) is 33.4. The molecule has 0 radical (unpaired) electrons. The number of likely N-dealkylation sites (tertiary alicyclic amines) is 1. The van der Waals surface area contributed by atoms with Gasteiger partial charge in [0.1, 0.15) is 11.6 Å². The van der Waals surface area contributed by atoms with Crippen LogP contribution in [0.1, 0.15) is 57.9 Å². The number of hydrogen-bond donors (Lipinski definition) is 3. The maximum atomic E-state index is 14.6. The largest absolute Gasteiger partial charge is 0.394 e. The van der Waals surface area contributed by atoms with Gasteiger partial charge in [0.15, 0.2) is 0 Å². The summed E-state index contributed by atoms with van der Waals surface area (Å²) in [6.45, 7) is 3.66. The first-order valence-electron chi connectivity index (χ1n) is 15.1. The first-order chi connectivity index (χ1) is 19.8. The zero-order chi connectivity index (χ0) is 28.8. The molecule has 8 nitrogen and oxygen atoms in total. The number of fused-ring (bicyclic) bond motifs is 1. The Hall–Kier alpha value is -3.23. The van der Waals surface area contributed by atoms with Gasteiger partial charge < -0.3 is 25.4 Å². The number of aliphatic hydroxyl groups excluding tert-OH is 1. The summed E-state index contributed by atoms with van der Waals surface area (Å²) in [6, 6.07) is 17.4. The Morgan fingerprint density at radius 1 is 1.02 bits per heavy atom. The van der Waals surface area contributed by atoms with Crippen molar-refractivity contribution in [1.82, 2.24) is 10.2 Å². The third-order valence-electron chi connectivity index (χ3n) is 10.2. The first-order valence-corrected chi connectivity index (χ1v) is 15.1. The second-order valence-corrected chi connectivity index (χ2v) is 12.7. The molecule has 3 heterocycles. The summed E-state index contributed by atoms with van der Waals surface area (Å²) in [6.07, 6.45) is 6.00. The Morgan fingerprint density at radius 2 is 1.68 bits per heavy atom. The van der Waals surface area contributed by atoms with Crippen molar-refractivity contribution in [3.05, 3.63) is 66.2 Å². The second-order valence-electron chi connectivity index (χ2n) is 12.7.